The van der Waals surface area contributed by atoms with E-state index in [4.69, 9.17) is 5.11 Å². The van der Waals surface area contributed by atoms with Crippen LogP contribution in [0.3, 0.4) is 0 Å². The molecule has 1 unspecified atom stereocenters. The number of rotatable bonds is 8. The summed E-state index contributed by atoms with van der Waals surface area (Å²) in [5.74, 6) is -1.32. The van der Waals surface area contributed by atoms with E-state index >= 15 is 0 Å². The Kier molecular flexibility index (Phi) is 6.65. The highest BCUT2D eigenvalue weighted by Crippen LogP contribution is 2.23. The summed E-state index contributed by atoms with van der Waals surface area (Å²) < 4.78 is 0. The van der Waals surface area contributed by atoms with E-state index in [1.54, 1.807) is 25.3 Å². The number of carbonyl (C=O) groups excluding carboxylic acids is 2. The number of aromatic carboxylic acids is 1. The molecule has 2 heterocycles. The summed E-state index contributed by atoms with van der Waals surface area (Å²) in [6.07, 6.45) is 0.788. The number of thiazole rings is 1. The van der Waals surface area contributed by atoms with Gasteiger partial charge in [0.2, 0.25) is 5.91 Å². The van der Waals surface area contributed by atoms with E-state index in [1.165, 1.54) is 11.3 Å². The summed E-state index contributed by atoms with van der Waals surface area (Å²) >= 11 is 2.52. The van der Waals surface area contributed by atoms with Crippen LogP contribution in [0.4, 0.5) is 0 Å². The van der Waals surface area contributed by atoms with Crippen LogP contribution in [0.25, 0.3) is 0 Å². The second kappa shape index (κ2) is 8.72. The third-order valence-electron chi connectivity index (χ3n) is 3.40. The van der Waals surface area contributed by atoms with Crippen LogP contribution in [0, 0.1) is 6.92 Å². The fourth-order valence-corrected chi connectivity index (χ4v) is 3.67. The van der Waals surface area contributed by atoms with Crippen molar-refractivity contribution in [2.45, 2.75) is 32.7 Å². The van der Waals surface area contributed by atoms with Gasteiger partial charge in [-0.1, -0.05) is 0 Å². The van der Waals surface area contributed by atoms with Gasteiger partial charge in [0.1, 0.15) is 9.88 Å². The number of thiophene rings is 1. The predicted molar refractivity (Wildman–Crippen MR) is 96.3 cm³/mol. The third kappa shape index (κ3) is 5.36. The molecule has 3 N–H and O–H groups in total. The Morgan fingerprint density at radius 1 is 1.36 bits per heavy atom. The molecule has 2 amide bonds. The lowest BCUT2D eigenvalue weighted by molar-refractivity contribution is -0.121. The number of nitrogens with zero attached hydrogens (tertiary/aromatic N) is 1. The summed E-state index contributed by atoms with van der Waals surface area (Å²) in [7, 11) is 0. The first kappa shape index (κ1) is 19.1. The predicted octanol–water partition coefficient (Wildman–Crippen LogP) is 2.60. The van der Waals surface area contributed by atoms with E-state index in [9.17, 15) is 14.4 Å². The topological polar surface area (TPSA) is 108 Å². The number of carboxylic acids is 1. The number of hydrogen-bond donors (Lipinski definition) is 3. The Balaban J connectivity index is 1.73. The van der Waals surface area contributed by atoms with Gasteiger partial charge in [-0.2, -0.15) is 11.3 Å². The number of carbonyl (C=O) groups is 3. The standard InChI is InChI=1S/C16H19N3O4S2/c1-9-13(16(22)23)25-15(19-9)10(2)18-12(20)4-3-6-17-14(21)11-5-7-24-8-11/h5,7-8,10H,3-4,6H2,1-2H3,(H,17,21)(H,18,20)(H,22,23). The Hall–Kier alpha value is -2.26. The van der Waals surface area contributed by atoms with Crippen molar-refractivity contribution in [2.24, 2.45) is 0 Å². The van der Waals surface area contributed by atoms with E-state index < -0.39 is 5.97 Å². The SMILES string of the molecule is Cc1nc(C(C)NC(=O)CCCNC(=O)c2ccsc2)sc1C(=O)O. The van der Waals surface area contributed by atoms with Crippen LogP contribution >= 0.6 is 22.7 Å². The van der Waals surface area contributed by atoms with Gasteiger partial charge in [0, 0.05) is 23.9 Å². The summed E-state index contributed by atoms with van der Waals surface area (Å²) in [6.45, 7) is 3.81. The molecule has 134 valence electrons. The van der Waals surface area contributed by atoms with Crippen molar-refractivity contribution in [3.63, 3.8) is 0 Å². The van der Waals surface area contributed by atoms with Crippen LogP contribution < -0.4 is 10.6 Å². The summed E-state index contributed by atoms with van der Waals surface area (Å²) in [4.78, 5) is 39.1. The number of aryl methyl sites for hydroxylation is 1. The van der Waals surface area contributed by atoms with Crippen molar-refractivity contribution < 1.29 is 19.5 Å². The molecule has 1 atom stereocenters. The van der Waals surface area contributed by atoms with E-state index in [-0.39, 0.29) is 29.2 Å². The van der Waals surface area contributed by atoms with Gasteiger partial charge in [0.05, 0.1) is 11.7 Å². The first-order valence-electron chi connectivity index (χ1n) is 7.69. The molecule has 0 spiro atoms. The highest BCUT2D eigenvalue weighted by Gasteiger charge is 2.19. The maximum absolute atomic E-state index is 12.0. The molecular formula is C16H19N3O4S2. The Labute approximate surface area is 153 Å². The van der Waals surface area contributed by atoms with Gasteiger partial charge in [-0.25, -0.2) is 9.78 Å². The van der Waals surface area contributed by atoms with Crippen LogP contribution in [0.5, 0.6) is 0 Å². The molecule has 0 saturated heterocycles. The van der Waals surface area contributed by atoms with Crippen molar-refractivity contribution in [1.82, 2.24) is 15.6 Å². The molecule has 0 fully saturated rings. The Bertz CT molecular complexity index is 756. The molecule has 0 saturated carbocycles. The molecule has 0 aromatic carbocycles. The number of aromatic nitrogens is 1. The van der Waals surface area contributed by atoms with Crippen LogP contribution in [-0.4, -0.2) is 34.4 Å². The Morgan fingerprint density at radius 2 is 2.12 bits per heavy atom. The zero-order chi connectivity index (χ0) is 18.4. The molecular weight excluding hydrogens is 362 g/mol. The van der Waals surface area contributed by atoms with Gasteiger partial charge in [-0.15, -0.1) is 11.3 Å². The number of nitrogens with one attached hydrogen (secondary N) is 2. The molecule has 0 aliphatic carbocycles. The smallest absolute Gasteiger partial charge is 0.347 e. The fraction of sp³-hybridized carbons (Fsp3) is 0.375. The third-order valence-corrected chi connectivity index (χ3v) is 5.42. The highest BCUT2D eigenvalue weighted by atomic mass is 32.1. The maximum Gasteiger partial charge on any atom is 0.347 e. The molecule has 0 aliphatic rings. The monoisotopic (exact) mass is 381 g/mol. The van der Waals surface area contributed by atoms with E-state index in [1.807, 2.05) is 5.38 Å². The van der Waals surface area contributed by atoms with E-state index in [2.05, 4.69) is 15.6 Å². The molecule has 9 heteroatoms. The van der Waals surface area contributed by atoms with Crippen LogP contribution in [0.2, 0.25) is 0 Å². The minimum atomic E-state index is -1.01. The number of amides is 2. The minimum Gasteiger partial charge on any atom is -0.477 e. The molecule has 2 aromatic rings. The first-order valence-corrected chi connectivity index (χ1v) is 9.44. The quantitative estimate of drug-likeness (QED) is 0.609. The first-order chi connectivity index (χ1) is 11.9. The molecule has 0 bridgehead atoms. The fourth-order valence-electron chi connectivity index (χ4n) is 2.12. The molecule has 0 radical (unpaired) electrons. The van der Waals surface area contributed by atoms with Crippen LogP contribution in [0.15, 0.2) is 16.8 Å². The molecule has 2 rings (SSSR count). The normalized spacial score (nSPS) is 11.8. The van der Waals surface area contributed by atoms with Gasteiger partial charge in [-0.05, 0) is 31.7 Å². The van der Waals surface area contributed by atoms with Gasteiger partial charge in [0.25, 0.3) is 5.91 Å². The van der Waals surface area contributed by atoms with Crippen LogP contribution in [0.1, 0.15) is 56.5 Å². The number of hydrogen-bond acceptors (Lipinski definition) is 6. The molecule has 0 aliphatic heterocycles. The lowest BCUT2D eigenvalue weighted by Crippen LogP contribution is -2.28. The lowest BCUT2D eigenvalue weighted by atomic mass is 10.2. The average molecular weight is 381 g/mol. The Morgan fingerprint density at radius 3 is 2.72 bits per heavy atom. The zero-order valence-corrected chi connectivity index (χ0v) is 15.5. The minimum absolute atomic E-state index is 0.144. The second-order valence-corrected chi connectivity index (χ2v) is 7.24. The summed E-state index contributed by atoms with van der Waals surface area (Å²) in [5.41, 5.74) is 1.07. The largest absolute Gasteiger partial charge is 0.477 e. The van der Waals surface area contributed by atoms with E-state index in [0.717, 1.165) is 11.3 Å². The van der Waals surface area contributed by atoms with Gasteiger partial charge in [-0.3, -0.25) is 9.59 Å². The van der Waals surface area contributed by atoms with Gasteiger partial charge < -0.3 is 15.7 Å². The van der Waals surface area contributed by atoms with Crippen molar-refractivity contribution in [2.75, 3.05) is 6.54 Å². The van der Waals surface area contributed by atoms with Crippen LogP contribution in [-0.2, 0) is 4.79 Å². The van der Waals surface area contributed by atoms with Gasteiger partial charge >= 0.3 is 5.97 Å². The lowest BCUT2D eigenvalue weighted by Gasteiger charge is -2.11. The number of carboxylic acid groups (broad SMARTS) is 1. The van der Waals surface area contributed by atoms with Crippen molar-refractivity contribution in [3.05, 3.63) is 38.0 Å². The summed E-state index contributed by atoms with van der Waals surface area (Å²) in [5, 5.41) is 18.8. The maximum atomic E-state index is 12.0. The summed E-state index contributed by atoms with van der Waals surface area (Å²) in [6, 6.07) is 1.39. The second-order valence-electron chi connectivity index (χ2n) is 5.43. The molecule has 2 aromatic heterocycles. The van der Waals surface area contributed by atoms with Crippen molar-refractivity contribution >= 4 is 40.5 Å². The highest BCUT2D eigenvalue weighted by molar-refractivity contribution is 7.13. The van der Waals surface area contributed by atoms with Crippen molar-refractivity contribution in [1.29, 1.82) is 0 Å². The average Bonchev–Trinajstić information content (AvgIpc) is 3.20. The van der Waals surface area contributed by atoms with Crippen molar-refractivity contribution in [3.8, 4) is 0 Å². The van der Waals surface area contributed by atoms with Gasteiger partial charge in [0.15, 0.2) is 0 Å². The molecule has 25 heavy (non-hydrogen) atoms. The molecule has 7 nitrogen and oxygen atoms in total. The van der Waals surface area contributed by atoms with E-state index in [0.29, 0.717) is 29.2 Å². The zero-order valence-electron chi connectivity index (χ0n) is 13.9.